The minimum Gasteiger partial charge on any atom is -0.423 e. The lowest BCUT2D eigenvalue weighted by Crippen LogP contribution is -2.11. The smallest absolute Gasteiger partial charge is 0.347 e. The first-order chi connectivity index (χ1) is 16.3. The first kappa shape index (κ1) is 20.8. The van der Waals surface area contributed by atoms with Crippen LogP contribution in [-0.2, 0) is 9.47 Å². The summed E-state index contributed by atoms with van der Waals surface area (Å²) in [6, 6.07) is 13.1. The van der Waals surface area contributed by atoms with Crippen molar-refractivity contribution in [1.29, 1.82) is 0 Å². The second-order valence-corrected chi connectivity index (χ2v) is 7.13. The second kappa shape index (κ2) is 7.78. The van der Waals surface area contributed by atoms with E-state index in [1.807, 2.05) is 0 Å². The lowest BCUT2D eigenvalue weighted by molar-refractivity contribution is 0.0425. The van der Waals surface area contributed by atoms with Gasteiger partial charge < -0.3 is 18.9 Å². The highest BCUT2D eigenvalue weighted by Crippen LogP contribution is 2.26. The molecule has 0 unspecified atom stereocenters. The average Bonchev–Trinajstić information content (AvgIpc) is 3.27. The topological polar surface area (TPSA) is 139 Å². The fourth-order valence-electron chi connectivity index (χ4n) is 3.33. The van der Waals surface area contributed by atoms with Crippen molar-refractivity contribution in [3.8, 4) is 11.5 Å². The normalized spacial score (nSPS) is 13.6. The molecular formula is C24H10O10. The third-order valence-electron chi connectivity index (χ3n) is 5.01. The number of fused-ring (bicyclic) bond motifs is 2. The van der Waals surface area contributed by atoms with E-state index in [-0.39, 0.29) is 44.9 Å². The molecule has 34 heavy (non-hydrogen) atoms. The van der Waals surface area contributed by atoms with Gasteiger partial charge in [0.1, 0.15) is 11.5 Å². The minimum atomic E-state index is -0.826. The van der Waals surface area contributed by atoms with Crippen LogP contribution in [0.4, 0.5) is 0 Å². The van der Waals surface area contributed by atoms with E-state index in [9.17, 15) is 28.8 Å². The van der Waals surface area contributed by atoms with Gasteiger partial charge in [-0.1, -0.05) is 0 Å². The first-order valence-electron chi connectivity index (χ1n) is 9.66. The molecule has 3 aromatic carbocycles. The molecule has 2 heterocycles. The van der Waals surface area contributed by atoms with Gasteiger partial charge in [-0.3, -0.25) is 0 Å². The largest absolute Gasteiger partial charge is 0.423 e. The molecule has 0 amide bonds. The highest BCUT2D eigenvalue weighted by Gasteiger charge is 2.31. The fraction of sp³-hybridized carbons (Fsp3) is 0. The summed E-state index contributed by atoms with van der Waals surface area (Å²) in [5.41, 5.74) is 0.373. The van der Waals surface area contributed by atoms with Crippen LogP contribution in [-0.4, -0.2) is 35.8 Å². The molecule has 0 bridgehead atoms. The highest BCUT2D eigenvalue weighted by atomic mass is 16.6. The van der Waals surface area contributed by atoms with Crippen molar-refractivity contribution in [2.75, 3.05) is 0 Å². The van der Waals surface area contributed by atoms with E-state index in [1.165, 1.54) is 60.7 Å². The zero-order chi connectivity index (χ0) is 24.0. The second-order valence-electron chi connectivity index (χ2n) is 7.13. The Kier molecular flexibility index (Phi) is 4.75. The third kappa shape index (κ3) is 3.58. The van der Waals surface area contributed by atoms with Crippen LogP contribution in [0.2, 0.25) is 0 Å². The Balaban J connectivity index is 1.27. The van der Waals surface area contributed by atoms with E-state index in [2.05, 4.69) is 9.47 Å². The van der Waals surface area contributed by atoms with E-state index in [1.54, 1.807) is 0 Å². The molecule has 0 radical (unpaired) electrons. The van der Waals surface area contributed by atoms with Crippen molar-refractivity contribution < 1.29 is 47.7 Å². The summed E-state index contributed by atoms with van der Waals surface area (Å²) >= 11 is 0. The van der Waals surface area contributed by atoms with Crippen LogP contribution in [0.15, 0.2) is 60.7 Å². The van der Waals surface area contributed by atoms with Crippen LogP contribution in [0.3, 0.4) is 0 Å². The summed E-state index contributed by atoms with van der Waals surface area (Å²) in [7, 11) is 0. The summed E-state index contributed by atoms with van der Waals surface area (Å²) in [6.07, 6.45) is 0. The molecular weight excluding hydrogens is 448 g/mol. The maximum atomic E-state index is 12.4. The van der Waals surface area contributed by atoms with Gasteiger partial charge in [0.15, 0.2) is 0 Å². The SMILES string of the molecule is O=C(Oc1ccc2c(c1)C(=O)OC2=O)c1ccc(C(=O)Oc2ccc3c(c2)C(=O)OC3=O)cc1. The maximum Gasteiger partial charge on any atom is 0.347 e. The molecule has 0 saturated carbocycles. The summed E-state index contributed by atoms with van der Waals surface area (Å²) in [6.45, 7) is 0. The fourth-order valence-corrected chi connectivity index (χ4v) is 3.33. The third-order valence-corrected chi connectivity index (χ3v) is 5.01. The quantitative estimate of drug-likeness (QED) is 0.326. The van der Waals surface area contributed by atoms with Crippen molar-refractivity contribution in [2.24, 2.45) is 0 Å². The molecule has 166 valence electrons. The molecule has 5 rings (SSSR count). The van der Waals surface area contributed by atoms with Crippen molar-refractivity contribution in [3.63, 3.8) is 0 Å². The van der Waals surface area contributed by atoms with Crippen LogP contribution in [0.25, 0.3) is 0 Å². The highest BCUT2D eigenvalue weighted by molar-refractivity contribution is 6.15. The molecule has 0 saturated heterocycles. The molecule has 0 atom stereocenters. The molecule has 0 fully saturated rings. The molecule has 2 aliphatic rings. The molecule has 0 aromatic heterocycles. The molecule has 0 N–H and O–H groups in total. The summed E-state index contributed by atoms with van der Waals surface area (Å²) in [5, 5.41) is 0. The van der Waals surface area contributed by atoms with Gasteiger partial charge in [0.2, 0.25) is 0 Å². The Morgan fingerprint density at radius 2 is 0.853 bits per heavy atom. The minimum absolute atomic E-state index is 0.00224. The maximum absolute atomic E-state index is 12.4. The van der Waals surface area contributed by atoms with E-state index in [0.717, 1.165) is 0 Å². The number of ether oxygens (including phenoxy) is 4. The van der Waals surface area contributed by atoms with Gasteiger partial charge in [0.25, 0.3) is 0 Å². The number of rotatable bonds is 4. The molecule has 0 aliphatic carbocycles. The molecule has 0 spiro atoms. The van der Waals surface area contributed by atoms with Crippen LogP contribution < -0.4 is 9.47 Å². The van der Waals surface area contributed by atoms with Crippen molar-refractivity contribution in [1.82, 2.24) is 0 Å². The van der Waals surface area contributed by atoms with Crippen LogP contribution in [0.5, 0.6) is 11.5 Å². The van der Waals surface area contributed by atoms with Gasteiger partial charge in [-0.15, -0.1) is 0 Å². The van der Waals surface area contributed by atoms with Gasteiger partial charge >= 0.3 is 35.8 Å². The molecule has 10 heteroatoms. The number of esters is 6. The number of hydrogen-bond acceptors (Lipinski definition) is 10. The van der Waals surface area contributed by atoms with E-state index in [0.29, 0.717) is 0 Å². The van der Waals surface area contributed by atoms with Gasteiger partial charge in [-0.05, 0) is 60.7 Å². The van der Waals surface area contributed by atoms with Crippen molar-refractivity contribution in [2.45, 2.75) is 0 Å². The lowest BCUT2D eigenvalue weighted by Gasteiger charge is -2.07. The molecule has 3 aromatic rings. The standard InChI is InChI=1S/C24H10O10/c25-19(31-13-5-7-15-17(9-13)23(29)33-21(15)27)11-1-2-12(4-3-11)20(26)32-14-6-8-16-18(10-14)24(30)34-22(16)28/h1-10H. The van der Waals surface area contributed by atoms with Crippen LogP contribution in [0, 0.1) is 0 Å². The Bertz CT molecular complexity index is 1340. The van der Waals surface area contributed by atoms with E-state index < -0.39 is 35.8 Å². The monoisotopic (exact) mass is 458 g/mol. The zero-order valence-electron chi connectivity index (χ0n) is 16.9. The van der Waals surface area contributed by atoms with E-state index >= 15 is 0 Å². The summed E-state index contributed by atoms with van der Waals surface area (Å²) in [5.74, 6) is -4.65. The summed E-state index contributed by atoms with van der Waals surface area (Å²) in [4.78, 5) is 71.1. The Hall–Kier alpha value is -5.12. The van der Waals surface area contributed by atoms with Crippen LogP contribution >= 0.6 is 0 Å². The number of carbonyl (C=O) groups is 6. The van der Waals surface area contributed by atoms with Crippen LogP contribution in [0.1, 0.15) is 62.1 Å². The lowest BCUT2D eigenvalue weighted by atomic mass is 10.1. The first-order valence-corrected chi connectivity index (χ1v) is 9.66. The van der Waals surface area contributed by atoms with Crippen molar-refractivity contribution in [3.05, 3.63) is 94.0 Å². The zero-order valence-corrected chi connectivity index (χ0v) is 16.9. The van der Waals surface area contributed by atoms with Gasteiger partial charge in [0, 0.05) is 0 Å². The number of hydrogen-bond donors (Lipinski definition) is 0. The van der Waals surface area contributed by atoms with Gasteiger partial charge in [-0.25, -0.2) is 28.8 Å². The Labute approximate surface area is 189 Å². The number of carbonyl (C=O) groups excluding carboxylic acids is 6. The van der Waals surface area contributed by atoms with E-state index in [4.69, 9.17) is 9.47 Å². The van der Waals surface area contributed by atoms with Gasteiger partial charge in [0.05, 0.1) is 33.4 Å². The van der Waals surface area contributed by atoms with Crippen molar-refractivity contribution >= 4 is 35.8 Å². The Morgan fingerprint density at radius 3 is 1.24 bits per heavy atom. The predicted octanol–water partition coefficient (Wildman–Crippen LogP) is 2.75. The predicted molar refractivity (Wildman–Crippen MR) is 109 cm³/mol. The number of cyclic esters (lactones) is 4. The molecule has 10 nitrogen and oxygen atoms in total. The van der Waals surface area contributed by atoms with Gasteiger partial charge in [-0.2, -0.15) is 0 Å². The average molecular weight is 458 g/mol. The number of benzene rings is 3. The molecule has 2 aliphatic heterocycles. The summed E-state index contributed by atoms with van der Waals surface area (Å²) < 4.78 is 19.4. The Morgan fingerprint density at radius 1 is 0.500 bits per heavy atom.